The summed E-state index contributed by atoms with van der Waals surface area (Å²) in [5.74, 6) is 0.337. The van der Waals surface area contributed by atoms with Gasteiger partial charge < -0.3 is 15.0 Å². The van der Waals surface area contributed by atoms with Crippen LogP contribution < -0.4 is 10.1 Å². The lowest BCUT2D eigenvalue weighted by atomic mass is 9.85. The number of carbonyl (C=O) groups is 1. The highest BCUT2D eigenvalue weighted by Crippen LogP contribution is 2.36. The first-order chi connectivity index (χ1) is 22.6. The molecule has 1 saturated carbocycles. The maximum absolute atomic E-state index is 14.8. The number of halogens is 1. The van der Waals surface area contributed by atoms with Crippen LogP contribution in [0, 0.1) is 11.7 Å². The molecular formula is C36H34FN7O2. The van der Waals surface area contributed by atoms with Crippen molar-refractivity contribution in [1.29, 1.82) is 0 Å². The van der Waals surface area contributed by atoms with Crippen molar-refractivity contribution in [1.82, 2.24) is 30.0 Å². The van der Waals surface area contributed by atoms with Gasteiger partial charge in [0.15, 0.2) is 5.65 Å². The van der Waals surface area contributed by atoms with Crippen molar-refractivity contribution in [2.75, 3.05) is 31.6 Å². The Morgan fingerprint density at radius 3 is 2.67 bits per heavy atom. The van der Waals surface area contributed by atoms with Crippen LogP contribution in [0.25, 0.3) is 55.6 Å². The van der Waals surface area contributed by atoms with Crippen molar-refractivity contribution >= 4 is 33.5 Å². The molecule has 2 aliphatic rings. The minimum atomic E-state index is -0.333. The predicted molar refractivity (Wildman–Crippen MR) is 177 cm³/mol. The Kier molecular flexibility index (Phi) is 7.42. The van der Waals surface area contributed by atoms with Crippen molar-refractivity contribution in [3.8, 4) is 39.4 Å². The maximum atomic E-state index is 14.8. The largest absolute Gasteiger partial charge is 0.492 e. The Morgan fingerprint density at radius 1 is 0.957 bits per heavy atom. The van der Waals surface area contributed by atoms with Crippen molar-refractivity contribution < 1.29 is 13.9 Å². The third kappa shape index (κ3) is 5.60. The molecular weight excluding hydrogens is 581 g/mol. The second-order valence-corrected chi connectivity index (χ2v) is 12.3. The Hall–Kier alpha value is -5.09. The second kappa shape index (κ2) is 12.0. The van der Waals surface area contributed by atoms with Crippen LogP contribution in [-0.2, 0) is 4.79 Å². The fourth-order valence-corrected chi connectivity index (χ4v) is 6.49. The minimum absolute atomic E-state index is 0.0496. The molecule has 0 spiro atoms. The summed E-state index contributed by atoms with van der Waals surface area (Å²) >= 11 is 0. The van der Waals surface area contributed by atoms with Gasteiger partial charge in [0.05, 0.1) is 23.3 Å². The van der Waals surface area contributed by atoms with Crippen molar-refractivity contribution in [2.24, 2.45) is 5.92 Å². The van der Waals surface area contributed by atoms with Gasteiger partial charge >= 0.3 is 0 Å². The smallest absolute Gasteiger partial charge is 0.227 e. The van der Waals surface area contributed by atoms with E-state index in [2.05, 4.69) is 41.4 Å². The van der Waals surface area contributed by atoms with Gasteiger partial charge in [-0.15, -0.1) is 0 Å². The molecule has 4 aromatic heterocycles. The molecule has 1 aliphatic carbocycles. The average Bonchev–Trinajstić information content (AvgIpc) is 3.79. The molecule has 1 aliphatic heterocycles. The zero-order chi connectivity index (χ0) is 31.0. The fourth-order valence-electron chi connectivity index (χ4n) is 6.49. The van der Waals surface area contributed by atoms with Gasteiger partial charge in [-0.05, 0) is 86.3 Å². The molecule has 0 radical (unpaired) electrons. The number of carbonyl (C=O) groups excluding carboxylic acids is 1. The highest BCUT2D eigenvalue weighted by Gasteiger charge is 2.25. The number of aromatic amines is 2. The Morgan fingerprint density at radius 2 is 1.83 bits per heavy atom. The molecule has 3 N–H and O–H groups in total. The lowest BCUT2D eigenvalue weighted by molar-refractivity contribution is -0.122. The third-order valence-electron chi connectivity index (χ3n) is 9.22. The van der Waals surface area contributed by atoms with Crippen LogP contribution in [0.5, 0.6) is 5.75 Å². The van der Waals surface area contributed by atoms with Crippen molar-refractivity contribution in [3.63, 3.8) is 0 Å². The fraction of sp³-hybridized carbons (Fsp3) is 0.278. The van der Waals surface area contributed by atoms with Crippen LogP contribution in [0.3, 0.4) is 0 Å². The number of hydrogen-bond acceptors (Lipinski definition) is 6. The summed E-state index contributed by atoms with van der Waals surface area (Å²) in [7, 11) is 0. The number of hydrogen-bond donors (Lipinski definition) is 3. The van der Waals surface area contributed by atoms with E-state index in [0.29, 0.717) is 23.7 Å². The van der Waals surface area contributed by atoms with Crippen molar-refractivity contribution in [3.05, 3.63) is 79.0 Å². The van der Waals surface area contributed by atoms with E-state index in [1.807, 2.05) is 36.4 Å². The number of likely N-dealkylation sites (tertiary alicyclic amines) is 1. The second-order valence-electron chi connectivity index (χ2n) is 12.3. The zero-order valence-corrected chi connectivity index (χ0v) is 25.4. The van der Waals surface area contributed by atoms with Crippen LogP contribution >= 0.6 is 0 Å². The van der Waals surface area contributed by atoms with Gasteiger partial charge in [0.2, 0.25) is 5.91 Å². The summed E-state index contributed by atoms with van der Waals surface area (Å²) in [6.45, 7) is 3.57. The maximum Gasteiger partial charge on any atom is 0.227 e. The molecule has 9 nitrogen and oxygen atoms in total. The number of rotatable bonds is 9. The number of nitrogens with zero attached hydrogens (tertiary/aromatic N) is 4. The lowest BCUT2D eigenvalue weighted by Gasteiger charge is -2.24. The number of ether oxygens (including phenoxy) is 1. The van der Waals surface area contributed by atoms with E-state index in [-0.39, 0.29) is 17.6 Å². The van der Waals surface area contributed by atoms with E-state index >= 15 is 0 Å². The number of aromatic nitrogens is 5. The molecule has 232 valence electrons. The molecule has 1 amide bonds. The molecule has 0 bridgehead atoms. The van der Waals surface area contributed by atoms with Crippen LogP contribution in [0.2, 0.25) is 0 Å². The first kappa shape index (κ1) is 28.4. The quantitative estimate of drug-likeness (QED) is 0.159. The first-order valence-corrected chi connectivity index (χ1v) is 16.0. The van der Waals surface area contributed by atoms with E-state index in [4.69, 9.17) is 4.74 Å². The number of nitrogens with one attached hydrogen (secondary N) is 3. The molecule has 0 unspecified atom stereocenters. The zero-order valence-electron chi connectivity index (χ0n) is 25.4. The molecule has 0 atom stereocenters. The SMILES string of the molecule is O=C(Nc1cncc(-c2cnc3n[nH]c(-c4cc5c(-c6cc(F)cc(OCCN7CCCC7)c6)cccc5[nH]4)c3c2)c1)C1CCC1. The van der Waals surface area contributed by atoms with Gasteiger partial charge in [0, 0.05) is 58.3 Å². The van der Waals surface area contributed by atoms with Gasteiger partial charge in [0.1, 0.15) is 18.2 Å². The molecule has 2 fully saturated rings. The molecule has 46 heavy (non-hydrogen) atoms. The Balaban J connectivity index is 1.09. The summed E-state index contributed by atoms with van der Waals surface area (Å²) in [6.07, 6.45) is 10.6. The van der Waals surface area contributed by atoms with Crippen LogP contribution in [0.4, 0.5) is 10.1 Å². The van der Waals surface area contributed by atoms with E-state index < -0.39 is 0 Å². The molecule has 2 aromatic carbocycles. The van der Waals surface area contributed by atoms with Gasteiger partial charge in [-0.2, -0.15) is 5.10 Å². The van der Waals surface area contributed by atoms with E-state index in [0.717, 1.165) is 88.8 Å². The Labute approximate surface area is 265 Å². The number of benzene rings is 2. The highest BCUT2D eigenvalue weighted by atomic mass is 19.1. The van der Waals surface area contributed by atoms with Crippen LogP contribution in [0.15, 0.2) is 73.2 Å². The summed E-state index contributed by atoms with van der Waals surface area (Å²) < 4.78 is 20.8. The van der Waals surface area contributed by atoms with E-state index in [1.54, 1.807) is 24.7 Å². The van der Waals surface area contributed by atoms with Crippen molar-refractivity contribution in [2.45, 2.75) is 32.1 Å². The van der Waals surface area contributed by atoms with Gasteiger partial charge in [-0.1, -0.05) is 18.6 Å². The lowest BCUT2D eigenvalue weighted by Crippen LogP contribution is -2.28. The minimum Gasteiger partial charge on any atom is -0.492 e. The first-order valence-electron chi connectivity index (χ1n) is 16.0. The predicted octanol–water partition coefficient (Wildman–Crippen LogP) is 7.19. The standard InChI is InChI=1S/C36H34FN7O2/c37-26-13-23(15-28(17-26)46-12-11-44-9-1-2-10-44)29-7-4-8-32-30(29)18-33(41-32)34-31-16-25(20-39-35(31)43-42-34)24-14-27(21-38-19-24)40-36(45)22-5-3-6-22/h4,7-8,13-22,41H,1-3,5-6,9-12H2,(H,40,45)(H,39,42,43). The molecule has 10 heteroatoms. The Bertz CT molecular complexity index is 2060. The average molecular weight is 616 g/mol. The number of pyridine rings is 2. The molecule has 5 heterocycles. The van der Waals surface area contributed by atoms with Gasteiger partial charge in [-0.3, -0.25) is 19.8 Å². The third-order valence-corrected chi connectivity index (χ3v) is 9.22. The number of H-pyrrole nitrogens is 2. The van der Waals surface area contributed by atoms with E-state index in [1.165, 1.54) is 18.9 Å². The molecule has 1 saturated heterocycles. The highest BCUT2D eigenvalue weighted by molar-refractivity contribution is 6.01. The molecule has 6 aromatic rings. The van der Waals surface area contributed by atoms with E-state index in [9.17, 15) is 9.18 Å². The number of fused-ring (bicyclic) bond motifs is 2. The number of amides is 1. The topological polar surface area (TPSA) is 112 Å². The number of anilines is 1. The summed E-state index contributed by atoms with van der Waals surface area (Å²) in [5, 5.41) is 12.4. The summed E-state index contributed by atoms with van der Waals surface area (Å²) in [6, 6.07) is 16.9. The van der Waals surface area contributed by atoms with Crippen LogP contribution in [-0.4, -0.2) is 62.2 Å². The normalized spacial score (nSPS) is 15.4. The van der Waals surface area contributed by atoms with Crippen LogP contribution in [0.1, 0.15) is 32.1 Å². The summed E-state index contributed by atoms with van der Waals surface area (Å²) in [5.41, 5.74) is 7.15. The molecule has 8 rings (SSSR count). The monoisotopic (exact) mass is 615 g/mol. The summed E-state index contributed by atoms with van der Waals surface area (Å²) in [4.78, 5) is 27.4. The van der Waals surface area contributed by atoms with Gasteiger partial charge in [-0.25, -0.2) is 9.37 Å². The van der Waals surface area contributed by atoms with Gasteiger partial charge in [0.25, 0.3) is 0 Å².